The lowest BCUT2D eigenvalue weighted by Crippen LogP contribution is -2.40. The van der Waals surface area contributed by atoms with Crippen LogP contribution in [-0.4, -0.2) is 43.1 Å². The summed E-state index contributed by atoms with van der Waals surface area (Å²) in [5.74, 6) is 1.17. The van der Waals surface area contributed by atoms with Gasteiger partial charge in [0.05, 0.1) is 6.61 Å². The average molecular weight is 334 g/mol. The number of amides is 1. The van der Waals surface area contributed by atoms with Crippen LogP contribution in [0.1, 0.15) is 38.5 Å². The van der Waals surface area contributed by atoms with E-state index >= 15 is 0 Å². The largest absolute Gasteiger partial charge is 0.494 e. The van der Waals surface area contributed by atoms with Crippen molar-refractivity contribution in [2.24, 2.45) is 5.92 Å². The summed E-state index contributed by atoms with van der Waals surface area (Å²) >= 11 is 0. The minimum absolute atomic E-state index is 0.239. The molecule has 1 aromatic rings. The van der Waals surface area contributed by atoms with Crippen molar-refractivity contribution < 1.29 is 13.9 Å². The Labute approximate surface area is 143 Å². The Hall–Kier alpha value is -1.62. The molecule has 4 nitrogen and oxygen atoms in total. The molecule has 0 aliphatic carbocycles. The van der Waals surface area contributed by atoms with Crippen LogP contribution >= 0.6 is 0 Å². The molecule has 2 aliphatic rings. The van der Waals surface area contributed by atoms with Gasteiger partial charge in [0.15, 0.2) is 0 Å². The number of nitrogens with zero attached hydrogens (tertiary/aromatic N) is 1. The smallest absolute Gasteiger partial charge is 0.222 e. The van der Waals surface area contributed by atoms with Crippen molar-refractivity contribution in [3.8, 4) is 5.75 Å². The number of hydrogen-bond donors (Lipinski definition) is 1. The Bertz CT molecular complexity index is 537. The molecule has 3 rings (SSSR count). The van der Waals surface area contributed by atoms with Crippen molar-refractivity contribution in [2.45, 2.75) is 50.6 Å². The molecule has 2 unspecified atom stereocenters. The van der Waals surface area contributed by atoms with Gasteiger partial charge in [-0.15, -0.1) is 0 Å². The molecule has 2 saturated heterocycles. The van der Waals surface area contributed by atoms with Crippen LogP contribution in [0, 0.1) is 11.7 Å². The first-order valence-electron chi connectivity index (χ1n) is 8.98. The highest BCUT2D eigenvalue weighted by atomic mass is 19.1. The number of hydrogen-bond acceptors (Lipinski definition) is 3. The van der Waals surface area contributed by atoms with E-state index < -0.39 is 0 Å². The molecule has 2 fully saturated rings. The van der Waals surface area contributed by atoms with Crippen LogP contribution < -0.4 is 10.1 Å². The maximum absolute atomic E-state index is 12.8. The predicted molar refractivity (Wildman–Crippen MR) is 91.4 cm³/mol. The SMILES string of the molecule is CN(CCCOc1ccc(F)cc1)C(=O)CC1CC2CCC(C1)N2. The molecule has 0 aromatic heterocycles. The van der Waals surface area contributed by atoms with E-state index in [-0.39, 0.29) is 11.7 Å². The Balaban J connectivity index is 1.33. The highest BCUT2D eigenvalue weighted by molar-refractivity contribution is 5.76. The van der Waals surface area contributed by atoms with E-state index in [0.717, 1.165) is 19.3 Å². The summed E-state index contributed by atoms with van der Waals surface area (Å²) in [5.41, 5.74) is 0. The number of piperidine rings is 1. The molecule has 0 spiro atoms. The predicted octanol–water partition coefficient (Wildman–Crippen LogP) is 2.97. The fourth-order valence-corrected chi connectivity index (χ4v) is 3.89. The van der Waals surface area contributed by atoms with Gasteiger partial charge in [-0.1, -0.05) is 0 Å². The molecule has 2 bridgehead atoms. The van der Waals surface area contributed by atoms with Gasteiger partial charge in [0, 0.05) is 32.1 Å². The van der Waals surface area contributed by atoms with Crippen molar-refractivity contribution in [1.82, 2.24) is 10.2 Å². The van der Waals surface area contributed by atoms with E-state index in [4.69, 9.17) is 4.74 Å². The summed E-state index contributed by atoms with van der Waals surface area (Å²) in [6, 6.07) is 7.28. The molecule has 132 valence electrons. The average Bonchev–Trinajstić information content (AvgIpc) is 2.91. The third-order valence-corrected chi connectivity index (χ3v) is 5.18. The topological polar surface area (TPSA) is 41.6 Å². The van der Waals surface area contributed by atoms with E-state index in [1.165, 1.54) is 25.0 Å². The lowest BCUT2D eigenvalue weighted by atomic mass is 9.89. The molecule has 1 N–H and O–H groups in total. The summed E-state index contributed by atoms with van der Waals surface area (Å²) in [7, 11) is 1.87. The van der Waals surface area contributed by atoms with Gasteiger partial charge >= 0.3 is 0 Å². The van der Waals surface area contributed by atoms with Crippen LogP contribution in [0.3, 0.4) is 0 Å². The number of fused-ring (bicyclic) bond motifs is 2. The number of nitrogens with one attached hydrogen (secondary N) is 1. The first kappa shape index (κ1) is 17.2. The summed E-state index contributed by atoms with van der Waals surface area (Å²) in [6.45, 7) is 1.22. The van der Waals surface area contributed by atoms with E-state index in [0.29, 0.717) is 43.3 Å². The first-order chi connectivity index (χ1) is 11.6. The third kappa shape index (κ3) is 4.69. The minimum Gasteiger partial charge on any atom is -0.494 e. The van der Waals surface area contributed by atoms with Gasteiger partial charge in [0.2, 0.25) is 5.91 Å². The van der Waals surface area contributed by atoms with Gasteiger partial charge in [0.1, 0.15) is 11.6 Å². The third-order valence-electron chi connectivity index (χ3n) is 5.18. The highest BCUT2D eigenvalue weighted by Gasteiger charge is 2.34. The van der Waals surface area contributed by atoms with Crippen molar-refractivity contribution in [3.05, 3.63) is 30.1 Å². The molecular formula is C19H27FN2O2. The normalized spacial score (nSPS) is 25.5. The quantitative estimate of drug-likeness (QED) is 0.780. The van der Waals surface area contributed by atoms with Crippen LogP contribution in [0.2, 0.25) is 0 Å². The summed E-state index contributed by atoms with van der Waals surface area (Å²) in [4.78, 5) is 14.2. The molecule has 1 amide bonds. The van der Waals surface area contributed by atoms with Crippen molar-refractivity contribution in [2.75, 3.05) is 20.2 Å². The maximum Gasteiger partial charge on any atom is 0.222 e. The Morgan fingerprint density at radius 1 is 1.25 bits per heavy atom. The second-order valence-electron chi connectivity index (χ2n) is 7.15. The van der Waals surface area contributed by atoms with Gasteiger partial charge in [-0.05, 0) is 62.3 Å². The molecule has 2 heterocycles. The van der Waals surface area contributed by atoms with Crippen LogP contribution in [0.25, 0.3) is 0 Å². The van der Waals surface area contributed by atoms with Crippen molar-refractivity contribution in [1.29, 1.82) is 0 Å². The van der Waals surface area contributed by atoms with Gasteiger partial charge < -0.3 is 15.0 Å². The van der Waals surface area contributed by atoms with Crippen LogP contribution in [0.15, 0.2) is 24.3 Å². The first-order valence-corrected chi connectivity index (χ1v) is 8.98. The number of carbonyl (C=O) groups excluding carboxylic acids is 1. The Kier molecular flexibility index (Phi) is 5.72. The van der Waals surface area contributed by atoms with Gasteiger partial charge in [-0.25, -0.2) is 4.39 Å². The fraction of sp³-hybridized carbons (Fsp3) is 0.632. The summed E-state index contributed by atoms with van der Waals surface area (Å²) < 4.78 is 18.4. The van der Waals surface area contributed by atoms with E-state index in [9.17, 15) is 9.18 Å². The number of rotatable bonds is 7. The molecule has 2 atom stereocenters. The zero-order chi connectivity index (χ0) is 16.9. The Morgan fingerprint density at radius 3 is 2.58 bits per heavy atom. The van der Waals surface area contributed by atoms with Crippen LogP contribution in [0.5, 0.6) is 5.75 Å². The second-order valence-corrected chi connectivity index (χ2v) is 7.15. The molecule has 0 radical (unpaired) electrons. The molecule has 5 heteroatoms. The van der Waals surface area contributed by atoms with E-state index in [1.54, 1.807) is 12.1 Å². The summed E-state index contributed by atoms with van der Waals surface area (Å²) in [6.07, 6.45) is 6.27. The van der Waals surface area contributed by atoms with Gasteiger partial charge in [-0.2, -0.15) is 0 Å². The van der Waals surface area contributed by atoms with Gasteiger partial charge in [0.25, 0.3) is 0 Å². The zero-order valence-corrected chi connectivity index (χ0v) is 14.3. The van der Waals surface area contributed by atoms with E-state index in [1.807, 2.05) is 11.9 Å². The zero-order valence-electron chi connectivity index (χ0n) is 14.3. The fourth-order valence-electron chi connectivity index (χ4n) is 3.89. The number of benzene rings is 1. The molecule has 2 aliphatic heterocycles. The lowest BCUT2D eigenvalue weighted by molar-refractivity contribution is -0.131. The lowest BCUT2D eigenvalue weighted by Gasteiger charge is -2.30. The monoisotopic (exact) mass is 334 g/mol. The Morgan fingerprint density at radius 2 is 1.92 bits per heavy atom. The number of carbonyl (C=O) groups is 1. The highest BCUT2D eigenvalue weighted by Crippen LogP contribution is 2.32. The maximum atomic E-state index is 12.8. The molecule has 1 aromatic carbocycles. The standard InChI is InChI=1S/C19H27FN2O2/c1-22(9-2-10-24-18-7-3-15(20)4-8-18)19(23)13-14-11-16-5-6-17(12-14)21-16/h3-4,7-8,14,16-17,21H,2,5-6,9-13H2,1H3. The number of halogens is 1. The molecule has 24 heavy (non-hydrogen) atoms. The summed E-state index contributed by atoms with van der Waals surface area (Å²) in [5, 5.41) is 3.62. The van der Waals surface area contributed by atoms with Crippen LogP contribution in [-0.2, 0) is 4.79 Å². The molecule has 0 saturated carbocycles. The van der Waals surface area contributed by atoms with Gasteiger partial charge in [-0.3, -0.25) is 4.79 Å². The second kappa shape index (κ2) is 7.97. The number of ether oxygens (including phenoxy) is 1. The van der Waals surface area contributed by atoms with Crippen molar-refractivity contribution in [3.63, 3.8) is 0 Å². The van der Waals surface area contributed by atoms with Crippen molar-refractivity contribution >= 4 is 5.91 Å². The minimum atomic E-state index is -0.265. The van der Waals surface area contributed by atoms with Crippen LogP contribution in [0.4, 0.5) is 4.39 Å². The molecular weight excluding hydrogens is 307 g/mol. The van der Waals surface area contributed by atoms with E-state index in [2.05, 4.69) is 5.32 Å².